The van der Waals surface area contributed by atoms with Gasteiger partial charge in [-0.15, -0.1) is 28.2 Å². The Labute approximate surface area is 199 Å². The number of tetrazole rings is 1. The summed E-state index contributed by atoms with van der Waals surface area (Å²) in [5.41, 5.74) is 0.251. The molecule has 4 heterocycles. The first kappa shape index (κ1) is 23.7. The fraction of sp³-hybridized carbons (Fsp3) is 0.375. The summed E-state index contributed by atoms with van der Waals surface area (Å²) in [7, 11) is -4.37. The van der Waals surface area contributed by atoms with E-state index in [2.05, 4.69) is 20.8 Å². The van der Waals surface area contributed by atoms with E-state index >= 15 is 0 Å². The van der Waals surface area contributed by atoms with Crippen molar-refractivity contribution in [1.82, 2.24) is 30.4 Å². The molecule has 176 valence electrons. The van der Waals surface area contributed by atoms with Crippen molar-refractivity contribution < 1.29 is 32.5 Å². The quantitative estimate of drug-likeness (QED) is 0.217. The van der Waals surface area contributed by atoms with Gasteiger partial charge in [-0.3, -0.25) is 19.0 Å². The van der Waals surface area contributed by atoms with Crippen molar-refractivity contribution in [3.8, 4) is 0 Å². The molecule has 0 radical (unpaired) electrons. The van der Waals surface area contributed by atoms with Crippen molar-refractivity contribution in [3.05, 3.63) is 33.7 Å². The number of carbonyl (C=O) groups excluding carboxylic acids is 2. The second-order valence-corrected chi connectivity index (χ2v) is 11.4. The van der Waals surface area contributed by atoms with E-state index < -0.39 is 39.3 Å². The lowest BCUT2D eigenvalue weighted by Gasteiger charge is -2.49. The summed E-state index contributed by atoms with van der Waals surface area (Å²) in [6, 6.07) is 2.83. The van der Waals surface area contributed by atoms with E-state index in [1.54, 1.807) is 0 Å². The largest absolute Gasteiger partial charge is 0.477 e. The average molecular weight is 533 g/mol. The van der Waals surface area contributed by atoms with E-state index in [1.165, 1.54) is 23.1 Å². The Kier molecular flexibility index (Phi) is 6.76. The predicted octanol–water partition coefficient (Wildman–Crippen LogP) is -0.347. The number of hydrogen-bond donors (Lipinski definition) is 3. The Hall–Kier alpha value is -2.47. The molecule has 1 saturated heterocycles. The standard InChI is InChI=1S/C16H16N6O7S4/c23-10(4-9-2-1-3-30-9)17-11-13(24)22-12(15(25)26)8(5-31-14(11)22)6-32-16-18-19-20-21(16)7-33(27,28)29/h1-3,11,14H,4-7H2,(H,17,23)(H,25,26)(H,27,28,29)/t11?,14-/m1/s1. The van der Waals surface area contributed by atoms with Gasteiger partial charge >= 0.3 is 5.97 Å². The van der Waals surface area contributed by atoms with Crippen molar-refractivity contribution >= 4 is 62.8 Å². The lowest BCUT2D eigenvalue weighted by atomic mass is 10.0. The van der Waals surface area contributed by atoms with Crippen LogP contribution in [0.4, 0.5) is 0 Å². The summed E-state index contributed by atoms with van der Waals surface area (Å²) in [5, 5.41) is 24.3. The number of aliphatic carboxylic acids is 1. The van der Waals surface area contributed by atoms with E-state index in [0.29, 0.717) is 5.57 Å². The van der Waals surface area contributed by atoms with Gasteiger partial charge in [0.25, 0.3) is 16.0 Å². The number of carbonyl (C=O) groups is 3. The van der Waals surface area contributed by atoms with Gasteiger partial charge in [0.2, 0.25) is 11.1 Å². The fourth-order valence-electron chi connectivity index (χ4n) is 3.28. The zero-order valence-corrected chi connectivity index (χ0v) is 19.8. The maximum Gasteiger partial charge on any atom is 0.352 e. The van der Waals surface area contributed by atoms with Gasteiger partial charge in [-0.2, -0.15) is 8.42 Å². The Morgan fingerprint density at radius 3 is 2.82 bits per heavy atom. The number of thiophene rings is 1. The molecule has 0 aromatic carbocycles. The van der Waals surface area contributed by atoms with Crippen LogP contribution in [-0.4, -0.2) is 83.9 Å². The Morgan fingerprint density at radius 1 is 1.36 bits per heavy atom. The summed E-state index contributed by atoms with van der Waals surface area (Å²) in [5.74, 6) is -2.61. The maximum absolute atomic E-state index is 12.7. The van der Waals surface area contributed by atoms with Crippen LogP contribution in [0, 0.1) is 0 Å². The van der Waals surface area contributed by atoms with E-state index in [9.17, 15) is 27.9 Å². The number of carboxylic acid groups (broad SMARTS) is 1. The number of nitrogens with zero attached hydrogens (tertiary/aromatic N) is 5. The van der Waals surface area contributed by atoms with Gasteiger partial charge in [0, 0.05) is 16.4 Å². The molecule has 0 spiro atoms. The molecule has 2 amide bonds. The van der Waals surface area contributed by atoms with Crippen molar-refractivity contribution in [2.45, 2.75) is 28.9 Å². The number of fused-ring (bicyclic) bond motifs is 1. The Bertz CT molecular complexity index is 1230. The number of β-lactam (4-membered cyclic amide) rings is 1. The van der Waals surface area contributed by atoms with Crippen molar-refractivity contribution in [2.24, 2.45) is 0 Å². The molecule has 3 N–H and O–H groups in total. The molecule has 2 aliphatic rings. The lowest BCUT2D eigenvalue weighted by molar-refractivity contribution is -0.150. The smallest absolute Gasteiger partial charge is 0.352 e. The first-order valence-electron chi connectivity index (χ1n) is 9.20. The summed E-state index contributed by atoms with van der Waals surface area (Å²) in [6.45, 7) is 0. The molecule has 0 aliphatic carbocycles. The van der Waals surface area contributed by atoms with Crippen molar-refractivity contribution in [3.63, 3.8) is 0 Å². The van der Waals surface area contributed by atoms with Crippen LogP contribution in [0.2, 0.25) is 0 Å². The number of rotatable bonds is 9. The SMILES string of the molecule is O=C(Cc1cccs1)NC1C(=O)N2C(C(=O)O)=C(CSc3nnnn3CS(=O)(=O)O)CS[C@H]12. The summed E-state index contributed by atoms with van der Waals surface area (Å²) in [4.78, 5) is 38.9. The van der Waals surface area contributed by atoms with E-state index in [4.69, 9.17) is 4.55 Å². The predicted molar refractivity (Wildman–Crippen MR) is 118 cm³/mol. The molecule has 33 heavy (non-hydrogen) atoms. The van der Waals surface area contributed by atoms with E-state index in [1.807, 2.05) is 17.5 Å². The van der Waals surface area contributed by atoms with Crippen LogP contribution in [0.15, 0.2) is 33.9 Å². The molecule has 4 rings (SSSR count). The van der Waals surface area contributed by atoms with Crippen LogP contribution in [0.5, 0.6) is 0 Å². The molecular weight excluding hydrogens is 516 g/mol. The highest BCUT2D eigenvalue weighted by Crippen LogP contribution is 2.41. The molecule has 17 heteroatoms. The van der Waals surface area contributed by atoms with E-state index in [0.717, 1.165) is 26.2 Å². The van der Waals surface area contributed by atoms with Crippen LogP contribution in [0.25, 0.3) is 0 Å². The fourth-order valence-corrected chi connectivity index (χ4v) is 6.91. The van der Waals surface area contributed by atoms with Gasteiger partial charge in [-0.05, 0) is 27.4 Å². The average Bonchev–Trinajstić information content (AvgIpc) is 3.40. The minimum absolute atomic E-state index is 0.0608. The first-order valence-corrected chi connectivity index (χ1v) is 13.7. The highest BCUT2D eigenvalue weighted by Gasteiger charge is 2.54. The molecule has 1 unspecified atom stereocenters. The normalized spacial score (nSPS) is 20.4. The third-order valence-electron chi connectivity index (χ3n) is 4.64. The number of carboxylic acids is 1. The van der Waals surface area contributed by atoms with Crippen LogP contribution >= 0.6 is 34.9 Å². The monoisotopic (exact) mass is 532 g/mol. The summed E-state index contributed by atoms with van der Waals surface area (Å²) < 4.78 is 32.0. The zero-order valence-electron chi connectivity index (χ0n) is 16.5. The van der Waals surface area contributed by atoms with Crippen LogP contribution in [0.3, 0.4) is 0 Å². The third kappa shape index (κ3) is 5.21. The van der Waals surface area contributed by atoms with E-state index in [-0.39, 0.29) is 34.7 Å². The first-order chi connectivity index (χ1) is 15.6. The van der Waals surface area contributed by atoms with Crippen LogP contribution in [-0.2, 0) is 36.8 Å². The number of thioether (sulfide) groups is 2. The Balaban J connectivity index is 1.44. The molecule has 2 aromatic heterocycles. The number of amides is 2. The van der Waals surface area contributed by atoms with Gasteiger partial charge in [0.15, 0.2) is 5.88 Å². The number of nitrogens with one attached hydrogen (secondary N) is 1. The van der Waals surface area contributed by atoms with Crippen LogP contribution < -0.4 is 5.32 Å². The number of aromatic nitrogens is 4. The van der Waals surface area contributed by atoms with Crippen LogP contribution in [0.1, 0.15) is 4.88 Å². The highest BCUT2D eigenvalue weighted by atomic mass is 32.2. The molecule has 13 nitrogen and oxygen atoms in total. The highest BCUT2D eigenvalue weighted by molar-refractivity contribution is 8.01. The molecule has 0 saturated carbocycles. The Morgan fingerprint density at radius 2 is 2.15 bits per heavy atom. The summed E-state index contributed by atoms with van der Waals surface area (Å²) in [6.07, 6.45) is 0.140. The minimum Gasteiger partial charge on any atom is -0.477 e. The molecule has 2 aliphatic heterocycles. The second-order valence-electron chi connectivity index (χ2n) is 6.93. The molecule has 2 aromatic rings. The van der Waals surface area contributed by atoms with Gasteiger partial charge < -0.3 is 10.4 Å². The molecule has 0 bridgehead atoms. The van der Waals surface area contributed by atoms with Gasteiger partial charge in [-0.25, -0.2) is 9.48 Å². The second kappa shape index (κ2) is 9.41. The van der Waals surface area contributed by atoms with Gasteiger partial charge in [0.05, 0.1) is 6.42 Å². The summed E-state index contributed by atoms with van der Waals surface area (Å²) >= 11 is 3.72. The topological polar surface area (TPSA) is 185 Å². The van der Waals surface area contributed by atoms with Gasteiger partial charge in [-0.1, -0.05) is 17.8 Å². The third-order valence-corrected chi connectivity index (χ3v) is 8.47. The number of hydrogen-bond acceptors (Lipinski definition) is 11. The molecule has 2 atom stereocenters. The van der Waals surface area contributed by atoms with Crippen molar-refractivity contribution in [1.29, 1.82) is 0 Å². The maximum atomic E-state index is 12.7. The molecular formula is C16H16N6O7S4. The molecule has 1 fully saturated rings. The zero-order chi connectivity index (χ0) is 23.8. The van der Waals surface area contributed by atoms with Crippen molar-refractivity contribution in [2.75, 3.05) is 11.5 Å². The minimum atomic E-state index is -4.37. The van der Waals surface area contributed by atoms with Gasteiger partial charge in [0.1, 0.15) is 17.1 Å². The lowest BCUT2D eigenvalue weighted by Crippen LogP contribution is -2.70.